The van der Waals surface area contributed by atoms with Gasteiger partial charge >= 0.3 is 0 Å². The molecule has 0 radical (unpaired) electrons. The molecule has 0 spiro atoms. The lowest BCUT2D eigenvalue weighted by molar-refractivity contribution is 0.394. The largest absolute Gasteiger partial charge is 0.481 e. The molecule has 0 aliphatic carbocycles. The molecule has 2 rings (SSSR count). The van der Waals surface area contributed by atoms with Gasteiger partial charge in [0.05, 0.1) is 17.8 Å². The van der Waals surface area contributed by atoms with Crippen molar-refractivity contribution in [1.82, 2.24) is 4.98 Å². The van der Waals surface area contributed by atoms with E-state index in [-0.39, 0.29) is 16.5 Å². The van der Waals surface area contributed by atoms with Crippen LogP contribution in [0, 0.1) is 5.82 Å². The third-order valence-electron chi connectivity index (χ3n) is 2.54. The van der Waals surface area contributed by atoms with E-state index in [4.69, 9.17) is 4.74 Å². The Bertz CT molecular complexity index is 686. The highest BCUT2D eigenvalue weighted by molar-refractivity contribution is 7.90. The summed E-state index contributed by atoms with van der Waals surface area (Å²) in [5, 5.41) is 0. The fourth-order valence-corrected chi connectivity index (χ4v) is 3.04. The first-order valence-corrected chi connectivity index (χ1v) is 7.14. The summed E-state index contributed by atoms with van der Waals surface area (Å²) in [7, 11) is -2.21. The Morgan fingerprint density at radius 2 is 2.05 bits per heavy atom. The monoisotopic (exact) mass is 281 g/mol. The molecule has 0 unspecified atom stereocenters. The molecule has 0 fully saturated rings. The molecule has 100 valence electrons. The zero-order valence-corrected chi connectivity index (χ0v) is 11.0. The van der Waals surface area contributed by atoms with Gasteiger partial charge in [-0.15, -0.1) is 0 Å². The minimum atomic E-state index is -3.63. The van der Waals surface area contributed by atoms with Crippen molar-refractivity contribution in [2.24, 2.45) is 0 Å². The molecule has 0 atom stereocenters. The van der Waals surface area contributed by atoms with Gasteiger partial charge in [-0.3, -0.25) is 0 Å². The summed E-state index contributed by atoms with van der Waals surface area (Å²) in [4.78, 5) is 3.87. The lowest BCUT2D eigenvalue weighted by atomic mass is 10.3. The molecule has 4 nitrogen and oxygen atoms in total. The van der Waals surface area contributed by atoms with E-state index in [0.29, 0.717) is 5.56 Å². The second-order valence-electron chi connectivity index (χ2n) is 3.89. The molecule has 2 aromatic rings. The van der Waals surface area contributed by atoms with Gasteiger partial charge in [-0.2, -0.15) is 0 Å². The second kappa shape index (κ2) is 5.36. The van der Waals surface area contributed by atoms with Crippen LogP contribution in [-0.2, 0) is 15.6 Å². The van der Waals surface area contributed by atoms with Crippen LogP contribution in [0.15, 0.2) is 47.5 Å². The van der Waals surface area contributed by atoms with Crippen molar-refractivity contribution in [3.63, 3.8) is 0 Å². The first-order chi connectivity index (χ1) is 9.03. The highest BCUT2D eigenvalue weighted by Crippen LogP contribution is 2.22. The minimum absolute atomic E-state index is 0.0570. The Balaban J connectivity index is 2.37. The van der Waals surface area contributed by atoms with Crippen LogP contribution in [0.4, 0.5) is 4.39 Å². The summed E-state index contributed by atoms with van der Waals surface area (Å²) >= 11 is 0. The van der Waals surface area contributed by atoms with Gasteiger partial charge in [0.25, 0.3) is 0 Å². The Labute approximate surface area is 110 Å². The Hall–Kier alpha value is -1.95. The number of methoxy groups -OCH3 is 1. The van der Waals surface area contributed by atoms with Crippen LogP contribution >= 0.6 is 0 Å². The van der Waals surface area contributed by atoms with Crippen LogP contribution < -0.4 is 4.74 Å². The number of rotatable bonds is 4. The zero-order valence-electron chi connectivity index (χ0n) is 10.2. The average molecular weight is 281 g/mol. The van der Waals surface area contributed by atoms with Crippen LogP contribution in [0.2, 0.25) is 0 Å². The molecule has 0 aliphatic heterocycles. The van der Waals surface area contributed by atoms with Gasteiger partial charge in [0.15, 0.2) is 9.84 Å². The molecular weight excluding hydrogens is 269 g/mol. The van der Waals surface area contributed by atoms with E-state index in [1.807, 2.05) is 0 Å². The maximum atomic E-state index is 13.1. The van der Waals surface area contributed by atoms with E-state index < -0.39 is 15.7 Å². The van der Waals surface area contributed by atoms with Gasteiger partial charge < -0.3 is 4.74 Å². The molecule has 19 heavy (non-hydrogen) atoms. The summed E-state index contributed by atoms with van der Waals surface area (Å²) in [6, 6.07) is 8.16. The van der Waals surface area contributed by atoms with E-state index in [1.165, 1.54) is 31.5 Å². The van der Waals surface area contributed by atoms with Crippen LogP contribution in [0.1, 0.15) is 5.56 Å². The van der Waals surface area contributed by atoms with Crippen LogP contribution in [0.25, 0.3) is 0 Å². The van der Waals surface area contributed by atoms with Crippen molar-refractivity contribution in [3.8, 4) is 5.88 Å². The number of pyridine rings is 1. The van der Waals surface area contributed by atoms with Gasteiger partial charge in [-0.1, -0.05) is 12.1 Å². The second-order valence-corrected chi connectivity index (χ2v) is 5.88. The van der Waals surface area contributed by atoms with E-state index in [1.54, 1.807) is 12.1 Å². The number of halogens is 1. The van der Waals surface area contributed by atoms with Gasteiger partial charge in [-0.25, -0.2) is 17.8 Å². The highest BCUT2D eigenvalue weighted by atomic mass is 32.2. The van der Waals surface area contributed by atoms with E-state index in [0.717, 1.165) is 6.07 Å². The first-order valence-electron chi connectivity index (χ1n) is 5.49. The summed E-state index contributed by atoms with van der Waals surface area (Å²) < 4.78 is 42.4. The van der Waals surface area contributed by atoms with Crippen molar-refractivity contribution in [3.05, 3.63) is 54.0 Å². The van der Waals surface area contributed by atoms with Crippen molar-refractivity contribution in [2.45, 2.75) is 10.6 Å². The SMILES string of the molecule is COc1ncccc1CS(=O)(=O)c1cccc(F)c1. The average Bonchev–Trinajstić information content (AvgIpc) is 2.39. The molecule has 0 saturated heterocycles. The van der Waals surface area contributed by atoms with Crippen molar-refractivity contribution in [2.75, 3.05) is 7.11 Å². The van der Waals surface area contributed by atoms with Gasteiger partial charge in [0, 0.05) is 11.8 Å². The normalized spacial score (nSPS) is 11.3. The summed E-state index contributed by atoms with van der Waals surface area (Å²) in [6.07, 6.45) is 1.51. The highest BCUT2D eigenvalue weighted by Gasteiger charge is 2.18. The molecule has 0 amide bonds. The van der Waals surface area contributed by atoms with E-state index in [2.05, 4.69) is 4.98 Å². The molecule has 0 N–H and O–H groups in total. The number of sulfone groups is 1. The quantitative estimate of drug-likeness (QED) is 0.862. The number of hydrogen-bond donors (Lipinski definition) is 0. The predicted molar refractivity (Wildman–Crippen MR) is 68.1 cm³/mol. The van der Waals surface area contributed by atoms with Gasteiger partial charge in [0.2, 0.25) is 5.88 Å². The maximum absolute atomic E-state index is 13.1. The summed E-state index contributed by atoms with van der Waals surface area (Å²) in [6.45, 7) is 0. The van der Waals surface area contributed by atoms with E-state index in [9.17, 15) is 12.8 Å². The minimum Gasteiger partial charge on any atom is -0.481 e. The van der Waals surface area contributed by atoms with Gasteiger partial charge in [-0.05, 0) is 24.3 Å². The number of aromatic nitrogens is 1. The fraction of sp³-hybridized carbons (Fsp3) is 0.154. The Kier molecular flexibility index (Phi) is 3.80. The molecule has 1 heterocycles. The smallest absolute Gasteiger partial charge is 0.217 e. The summed E-state index contributed by atoms with van der Waals surface area (Å²) in [5.41, 5.74) is 0.439. The molecule has 1 aromatic carbocycles. The third kappa shape index (κ3) is 3.08. The van der Waals surface area contributed by atoms with Crippen LogP contribution in [-0.4, -0.2) is 20.5 Å². The molecule has 6 heteroatoms. The number of benzene rings is 1. The van der Waals surface area contributed by atoms with Crippen LogP contribution in [0.5, 0.6) is 5.88 Å². The molecule has 1 aromatic heterocycles. The van der Waals surface area contributed by atoms with Crippen molar-refractivity contribution >= 4 is 9.84 Å². The lowest BCUT2D eigenvalue weighted by Crippen LogP contribution is -2.07. The van der Waals surface area contributed by atoms with Crippen LogP contribution in [0.3, 0.4) is 0 Å². The lowest BCUT2D eigenvalue weighted by Gasteiger charge is -2.08. The Morgan fingerprint density at radius 3 is 2.74 bits per heavy atom. The maximum Gasteiger partial charge on any atom is 0.217 e. The zero-order chi connectivity index (χ0) is 13.9. The topological polar surface area (TPSA) is 56.3 Å². The third-order valence-corrected chi connectivity index (χ3v) is 4.21. The molecular formula is C13H12FNO3S. The molecule has 0 aliphatic rings. The fourth-order valence-electron chi connectivity index (χ4n) is 1.67. The van der Waals surface area contributed by atoms with E-state index >= 15 is 0 Å². The summed E-state index contributed by atoms with van der Waals surface area (Å²) in [5.74, 6) is -0.616. The number of hydrogen-bond acceptors (Lipinski definition) is 4. The van der Waals surface area contributed by atoms with Gasteiger partial charge in [0.1, 0.15) is 5.82 Å². The predicted octanol–water partition coefficient (Wildman–Crippen LogP) is 2.20. The number of nitrogens with zero attached hydrogens (tertiary/aromatic N) is 1. The molecule has 0 bridgehead atoms. The molecule has 0 saturated carbocycles. The van der Waals surface area contributed by atoms with Crippen molar-refractivity contribution in [1.29, 1.82) is 0 Å². The Morgan fingerprint density at radius 1 is 1.26 bits per heavy atom. The first kappa shape index (κ1) is 13.5. The van der Waals surface area contributed by atoms with Crippen molar-refractivity contribution < 1.29 is 17.5 Å². The number of ether oxygens (including phenoxy) is 1. The standard InChI is InChI=1S/C13H12FNO3S/c1-18-13-10(4-3-7-15-13)9-19(16,17)12-6-2-5-11(14)8-12/h2-8H,9H2,1H3.